The van der Waals surface area contributed by atoms with E-state index in [1.165, 1.54) is 0 Å². The van der Waals surface area contributed by atoms with E-state index in [4.69, 9.17) is 10.4 Å². The second-order valence-electron chi connectivity index (χ2n) is 4.68. The van der Waals surface area contributed by atoms with Gasteiger partial charge in [-0.25, -0.2) is 9.78 Å². The van der Waals surface area contributed by atoms with Gasteiger partial charge in [0, 0.05) is 24.5 Å². The molecule has 5 nitrogen and oxygen atoms in total. The SMILES string of the molecule is N#Cc1cc(Cn2ccc3ccc(C(=O)O)cc32)ccn1. The number of carboxylic acid groups (broad SMARTS) is 1. The van der Waals surface area contributed by atoms with E-state index in [1.54, 1.807) is 30.5 Å². The number of fused-ring (bicyclic) bond motifs is 1. The van der Waals surface area contributed by atoms with Crippen LogP contribution in [-0.2, 0) is 6.54 Å². The van der Waals surface area contributed by atoms with Gasteiger partial charge in [-0.1, -0.05) is 6.07 Å². The Hall–Kier alpha value is -3.13. The van der Waals surface area contributed by atoms with Crippen LogP contribution >= 0.6 is 0 Å². The normalized spacial score (nSPS) is 10.4. The highest BCUT2D eigenvalue weighted by Crippen LogP contribution is 2.19. The predicted molar refractivity (Wildman–Crippen MR) is 77.0 cm³/mol. The Morgan fingerprint density at radius 3 is 2.90 bits per heavy atom. The maximum absolute atomic E-state index is 11.1. The molecule has 5 heteroatoms. The molecule has 1 N–H and O–H groups in total. The summed E-state index contributed by atoms with van der Waals surface area (Å²) in [5, 5.41) is 18.9. The summed E-state index contributed by atoms with van der Waals surface area (Å²) < 4.78 is 1.96. The third-order valence-electron chi connectivity index (χ3n) is 3.31. The summed E-state index contributed by atoms with van der Waals surface area (Å²) in [6.45, 7) is 0.559. The molecule has 0 radical (unpaired) electrons. The maximum Gasteiger partial charge on any atom is 0.335 e. The van der Waals surface area contributed by atoms with Crippen molar-refractivity contribution in [3.05, 3.63) is 65.6 Å². The Labute approximate surface area is 120 Å². The molecule has 1 aromatic carbocycles. The molecule has 0 aliphatic heterocycles. The fraction of sp³-hybridized carbons (Fsp3) is 0.0625. The molecule has 0 aliphatic rings. The molecule has 2 heterocycles. The number of hydrogen-bond donors (Lipinski definition) is 1. The second kappa shape index (κ2) is 5.10. The third kappa shape index (κ3) is 2.47. The number of nitriles is 1. The van der Waals surface area contributed by atoms with E-state index in [1.807, 2.05) is 29.0 Å². The van der Waals surface area contributed by atoms with Gasteiger partial charge in [0.1, 0.15) is 11.8 Å². The van der Waals surface area contributed by atoms with Crippen molar-refractivity contribution in [1.82, 2.24) is 9.55 Å². The van der Waals surface area contributed by atoms with E-state index in [9.17, 15) is 4.79 Å². The third-order valence-corrected chi connectivity index (χ3v) is 3.31. The lowest BCUT2D eigenvalue weighted by atomic mass is 10.1. The Balaban J connectivity index is 2.02. The summed E-state index contributed by atoms with van der Waals surface area (Å²) in [6, 6.07) is 12.6. The van der Waals surface area contributed by atoms with E-state index in [0.29, 0.717) is 12.2 Å². The van der Waals surface area contributed by atoms with Gasteiger partial charge in [-0.3, -0.25) is 0 Å². The molecule has 3 aromatic rings. The van der Waals surface area contributed by atoms with Crippen LogP contribution < -0.4 is 0 Å². The van der Waals surface area contributed by atoms with E-state index in [-0.39, 0.29) is 5.56 Å². The molecule has 0 atom stereocenters. The lowest BCUT2D eigenvalue weighted by molar-refractivity contribution is 0.0697. The first-order valence-corrected chi connectivity index (χ1v) is 6.34. The van der Waals surface area contributed by atoms with Crippen molar-refractivity contribution >= 4 is 16.9 Å². The topological polar surface area (TPSA) is 78.9 Å². The number of benzene rings is 1. The van der Waals surface area contributed by atoms with Crippen LogP contribution in [0.1, 0.15) is 21.6 Å². The molecule has 0 aliphatic carbocycles. The minimum atomic E-state index is -0.944. The fourth-order valence-corrected chi connectivity index (χ4v) is 2.29. The lowest BCUT2D eigenvalue weighted by Gasteiger charge is -2.06. The van der Waals surface area contributed by atoms with E-state index in [2.05, 4.69) is 4.98 Å². The molecule has 2 aromatic heterocycles. The standard InChI is InChI=1S/C16H11N3O2/c17-9-14-7-11(3-5-18-14)10-19-6-4-12-1-2-13(16(20)21)8-15(12)19/h1-8H,10H2,(H,20,21). The van der Waals surface area contributed by atoms with Gasteiger partial charge >= 0.3 is 5.97 Å². The van der Waals surface area contributed by atoms with Gasteiger partial charge in [0.05, 0.1) is 5.56 Å². The summed E-state index contributed by atoms with van der Waals surface area (Å²) in [5.41, 5.74) is 2.43. The minimum Gasteiger partial charge on any atom is -0.478 e. The molecule has 0 fully saturated rings. The molecule has 0 spiro atoms. The van der Waals surface area contributed by atoms with Crippen molar-refractivity contribution < 1.29 is 9.90 Å². The smallest absolute Gasteiger partial charge is 0.335 e. The van der Waals surface area contributed by atoms with Crippen LogP contribution in [0.2, 0.25) is 0 Å². The quantitative estimate of drug-likeness (QED) is 0.798. The Morgan fingerprint density at radius 1 is 1.29 bits per heavy atom. The van der Waals surface area contributed by atoms with Gasteiger partial charge < -0.3 is 9.67 Å². The summed E-state index contributed by atoms with van der Waals surface area (Å²) in [4.78, 5) is 15.0. The molecule has 0 amide bonds. The Bertz CT molecular complexity index is 875. The van der Waals surface area contributed by atoms with Gasteiger partial charge in [-0.15, -0.1) is 0 Å². The van der Waals surface area contributed by atoms with Crippen LogP contribution in [-0.4, -0.2) is 20.6 Å². The molecular formula is C16H11N3O2. The van der Waals surface area contributed by atoms with Crippen LogP contribution in [0.15, 0.2) is 48.8 Å². The molecule has 21 heavy (non-hydrogen) atoms. The molecule has 0 bridgehead atoms. The molecule has 0 saturated heterocycles. The highest BCUT2D eigenvalue weighted by atomic mass is 16.4. The van der Waals surface area contributed by atoms with Crippen molar-refractivity contribution in [2.24, 2.45) is 0 Å². The van der Waals surface area contributed by atoms with Crippen molar-refractivity contribution in [1.29, 1.82) is 5.26 Å². The zero-order chi connectivity index (χ0) is 14.8. The average molecular weight is 277 g/mol. The zero-order valence-corrected chi connectivity index (χ0v) is 11.0. The maximum atomic E-state index is 11.1. The molecule has 102 valence electrons. The van der Waals surface area contributed by atoms with Crippen molar-refractivity contribution in [3.63, 3.8) is 0 Å². The number of aromatic carboxylic acids is 1. The predicted octanol–water partition coefficient (Wildman–Crippen LogP) is 2.65. The van der Waals surface area contributed by atoms with Gasteiger partial charge in [0.2, 0.25) is 0 Å². The van der Waals surface area contributed by atoms with Crippen LogP contribution in [0, 0.1) is 11.3 Å². The summed E-state index contributed by atoms with van der Waals surface area (Å²) in [6.07, 6.45) is 3.50. The van der Waals surface area contributed by atoms with Gasteiger partial charge in [0.25, 0.3) is 0 Å². The molecule has 3 rings (SSSR count). The molecular weight excluding hydrogens is 266 g/mol. The number of rotatable bonds is 3. The first-order valence-electron chi connectivity index (χ1n) is 6.34. The van der Waals surface area contributed by atoms with Crippen LogP contribution in [0.4, 0.5) is 0 Å². The number of carbonyl (C=O) groups is 1. The molecule has 0 unspecified atom stereocenters. The minimum absolute atomic E-state index is 0.259. The van der Waals surface area contributed by atoms with Gasteiger partial charge in [-0.2, -0.15) is 5.26 Å². The molecule has 0 saturated carbocycles. The number of aromatic nitrogens is 2. The van der Waals surface area contributed by atoms with E-state index < -0.39 is 5.97 Å². The van der Waals surface area contributed by atoms with Crippen molar-refractivity contribution in [3.8, 4) is 6.07 Å². The van der Waals surface area contributed by atoms with Crippen LogP contribution in [0.25, 0.3) is 10.9 Å². The summed E-state index contributed by atoms with van der Waals surface area (Å²) in [7, 11) is 0. The Kier molecular flexibility index (Phi) is 3.13. The van der Waals surface area contributed by atoms with E-state index >= 15 is 0 Å². The van der Waals surface area contributed by atoms with Crippen molar-refractivity contribution in [2.75, 3.05) is 0 Å². The number of pyridine rings is 1. The first kappa shape index (κ1) is 12.9. The van der Waals surface area contributed by atoms with Crippen molar-refractivity contribution in [2.45, 2.75) is 6.54 Å². The largest absolute Gasteiger partial charge is 0.478 e. The monoisotopic (exact) mass is 277 g/mol. The highest BCUT2D eigenvalue weighted by Gasteiger charge is 2.07. The van der Waals surface area contributed by atoms with E-state index in [0.717, 1.165) is 16.5 Å². The average Bonchev–Trinajstić information content (AvgIpc) is 2.90. The first-order chi connectivity index (χ1) is 10.2. The highest BCUT2D eigenvalue weighted by molar-refractivity contribution is 5.93. The second-order valence-corrected chi connectivity index (χ2v) is 4.68. The fourth-order valence-electron chi connectivity index (χ4n) is 2.29. The lowest BCUT2D eigenvalue weighted by Crippen LogP contribution is -2.01. The number of carboxylic acids is 1. The summed E-state index contributed by atoms with van der Waals surface area (Å²) in [5.74, 6) is -0.944. The number of nitrogens with zero attached hydrogens (tertiary/aromatic N) is 3. The van der Waals surface area contributed by atoms with Gasteiger partial charge in [-0.05, 0) is 41.3 Å². The van der Waals surface area contributed by atoms with Gasteiger partial charge in [0.15, 0.2) is 0 Å². The zero-order valence-electron chi connectivity index (χ0n) is 11.0. The van der Waals surface area contributed by atoms with Crippen LogP contribution in [0.3, 0.4) is 0 Å². The Morgan fingerprint density at radius 2 is 2.14 bits per heavy atom. The van der Waals surface area contributed by atoms with Crippen LogP contribution in [0.5, 0.6) is 0 Å². The summed E-state index contributed by atoms with van der Waals surface area (Å²) >= 11 is 0. The number of hydrogen-bond acceptors (Lipinski definition) is 3.